The summed E-state index contributed by atoms with van der Waals surface area (Å²) in [6.45, 7) is 6.56. The van der Waals surface area contributed by atoms with Crippen LogP contribution in [0.25, 0.3) is 0 Å². The highest BCUT2D eigenvalue weighted by Gasteiger charge is 2.19. The highest BCUT2D eigenvalue weighted by atomic mass is 16.6. The van der Waals surface area contributed by atoms with Crippen LogP contribution in [0.5, 0.6) is 0 Å². The van der Waals surface area contributed by atoms with E-state index in [1.165, 1.54) is 193 Å². The molecule has 0 N–H and O–H groups in total. The van der Waals surface area contributed by atoms with Crippen LogP contribution in [-0.4, -0.2) is 37.2 Å². The van der Waals surface area contributed by atoms with Crippen LogP contribution in [0.3, 0.4) is 0 Å². The summed E-state index contributed by atoms with van der Waals surface area (Å²) in [7, 11) is 0. The lowest BCUT2D eigenvalue weighted by Gasteiger charge is -2.18. The molecule has 1 atom stereocenters. The molecule has 6 nitrogen and oxygen atoms in total. The second-order valence-corrected chi connectivity index (χ2v) is 21.3. The van der Waals surface area contributed by atoms with Crippen molar-refractivity contribution in [3.05, 3.63) is 60.8 Å². The Balaban J connectivity index is 4.39. The van der Waals surface area contributed by atoms with E-state index in [1.807, 2.05) is 0 Å². The van der Waals surface area contributed by atoms with Gasteiger partial charge < -0.3 is 14.2 Å². The fourth-order valence-corrected chi connectivity index (χ4v) is 9.30. The minimum Gasteiger partial charge on any atom is -0.462 e. The van der Waals surface area contributed by atoms with Crippen molar-refractivity contribution in [3.8, 4) is 0 Å². The van der Waals surface area contributed by atoms with Gasteiger partial charge >= 0.3 is 17.9 Å². The molecule has 0 aliphatic carbocycles. The molecule has 0 saturated heterocycles. The summed E-state index contributed by atoms with van der Waals surface area (Å²) in [5.41, 5.74) is 0. The van der Waals surface area contributed by atoms with Crippen LogP contribution >= 0.6 is 0 Å². The van der Waals surface area contributed by atoms with Gasteiger partial charge in [0.25, 0.3) is 0 Å². The lowest BCUT2D eigenvalue weighted by Crippen LogP contribution is -2.30. The van der Waals surface area contributed by atoms with Crippen molar-refractivity contribution in [2.45, 2.75) is 335 Å². The van der Waals surface area contributed by atoms with Gasteiger partial charge in [-0.2, -0.15) is 0 Å². The monoisotopic (exact) mass is 1020 g/mol. The second-order valence-electron chi connectivity index (χ2n) is 21.3. The molecule has 6 heteroatoms. The summed E-state index contributed by atoms with van der Waals surface area (Å²) < 4.78 is 16.9. The molecular weight excluding hydrogens is 901 g/mol. The van der Waals surface area contributed by atoms with Crippen LogP contribution in [0.2, 0.25) is 0 Å². The van der Waals surface area contributed by atoms with Crippen LogP contribution in [0.15, 0.2) is 60.8 Å². The van der Waals surface area contributed by atoms with Crippen LogP contribution in [0.4, 0.5) is 0 Å². The predicted octanol–water partition coefficient (Wildman–Crippen LogP) is 21.6. The first-order chi connectivity index (χ1) is 36.0. The molecule has 0 saturated carbocycles. The zero-order valence-electron chi connectivity index (χ0n) is 48.7. The molecule has 0 heterocycles. The fourth-order valence-electron chi connectivity index (χ4n) is 9.30. The molecule has 0 radical (unpaired) electrons. The van der Waals surface area contributed by atoms with Crippen LogP contribution < -0.4 is 0 Å². The number of allylic oxidation sites excluding steroid dienone is 10. The lowest BCUT2D eigenvalue weighted by atomic mass is 10.0. The molecule has 0 aromatic heterocycles. The predicted molar refractivity (Wildman–Crippen MR) is 316 cm³/mol. The summed E-state index contributed by atoms with van der Waals surface area (Å²) in [5, 5.41) is 0. The van der Waals surface area contributed by atoms with E-state index in [0.29, 0.717) is 19.3 Å². The zero-order chi connectivity index (χ0) is 52.9. The Morgan fingerprint density at radius 3 is 0.836 bits per heavy atom. The van der Waals surface area contributed by atoms with E-state index in [-0.39, 0.29) is 31.1 Å². The Morgan fingerprint density at radius 1 is 0.288 bits per heavy atom. The normalized spacial score (nSPS) is 12.4. The third-order valence-electron chi connectivity index (χ3n) is 14.0. The van der Waals surface area contributed by atoms with Gasteiger partial charge in [0.05, 0.1) is 0 Å². The minimum absolute atomic E-state index is 0.0801. The van der Waals surface area contributed by atoms with Gasteiger partial charge in [0.1, 0.15) is 13.2 Å². The molecule has 73 heavy (non-hydrogen) atoms. The number of hydrogen-bond donors (Lipinski definition) is 0. The molecule has 0 bridgehead atoms. The van der Waals surface area contributed by atoms with Crippen LogP contribution in [0, 0.1) is 0 Å². The molecule has 0 rings (SSSR count). The Bertz CT molecular complexity index is 1310. The summed E-state index contributed by atoms with van der Waals surface area (Å²) in [6, 6.07) is 0. The van der Waals surface area contributed by atoms with E-state index in [2.05, 4.69) is 81.5 Å². The summed E-state index contributed by atoms with van der Waals surface area (Å²) in [5.74, 6) is -0.892. The molecule has 0 aliphatic rings. The van der Waals surface area contributed by atoms with Gasteiger partial charge in [-0.15, -0.1) is 0 Å². The third-order valence-corrected chi connectivity index (χ3v) is 14.0. The topological polar surface area (TPSA) is 78.9 Å². The number of hydrogen-bond acceptors (Lipinski definition) is 6. The first-order valence-corrected chi connectivity index (χ1v) is 31.8. The van der Waals surface area contributed by atoms with Crippen LogP contribution in [-0.2, 0) is 28.6 Å². The average molecular weight is 1020 g/mol. The Labute approximate surface area is 453 Å². The van der Waals surface area contributed by atoms with Gasteiger partial charge in [0.15, 0.2) is 6.10 Å². The molecule has 0 spiro atoms. The Hall–Kier alpha value is -2.89. The third kappa shape index (κ3) is 59.9. The molecule has 0 aromatic carbocycles. The maximum absolute atomic E-state index is 12.9. The zero-order valence-corrected chi connectivity index (χ0v) is 48.7. The number of rotatable bonds is 58. The molecule has 0 aliphatic heterocycles. The van der Waals surface area contributed by atoms with Crippen LogP contribution in [0.1, 0.15) is 329 Å². The molecule has 0 aromatic rings. The van der Waals surface area contributed by atoms with E-state index >= 15 is 0 Å². The molecule has 0 unspecified atom stereocenters. The highest BCUT2D eigenvalue weighted by Crippen LogP contribution is 2.17. The van der Waals surface area contributed by atoms with Gasteiger partial charge in [0, 0.05) is 19.3 Å². The Morgan fingerprint density at radius 2 is 0.534 bits per heavy atom. The number of carbonyl (C=O) groups is 3. The summed E-state index contributed by atoms with van der Waals surface area (Å²) in [6.07, 6.45) is 77.9. The number of ether oxygens (including phenoxy) is 3. The van der Waals surface area contributed by atoms with Crippen molar-refractivity contribution in [2.24, 2.45) is 0 Å². The average Bonchev–Trinajstić information content (AvgIpc) is 3.39. The standard InChI is InChI=1S/C67H120O6/c1-4-7-10-13-16-19-22-25-28-31-34-37-39-42-45-48-51-54-57-60-66(69)72-63-64(73-67(70)61-58-55-52-49-46-43-40-36-33-30-27-24-21-18-15-12-9-6-3)62-71-65(68)59-56-53-50-47-44-41-38-35-32-29-26-23-20-17-14-11-8-5-2/h7,10,16,19,25,28,34,37,42,45,64H,4-6,8-9,11-15,17-18,20-24,26-27,29-33,35-36,38-41,43-44,46-63H2,1-3H3/b10-7+,19-16+,28-25+,37-34+,45-42+/t64-/m1/s1. The number of unbranched alkanes of at least 4 members (excludes halogenated alkanes) is 37. The van der Waals surface area contributed by atoms with E-state index in [4.69, 9.17) is 14.2 Å². The summed E-state index contributed by atoms with van der Waals surface area (Å²) in [4.78, 5) is 38.3. The number of carbonyl (C=O) groups excluding carboxylic acids is 3. The van der Waals surface area contributed by atoms with Crippen molar-refractivity contribution in [1.82, 2.24) is 0 Å². The van der Waals surface area contributed by atoms with E-state index in [1.54, 1.807) is 0 Å². The van der Waals surface area contributed by atoms with Gasteiger partial charge in [-0.25, -0.2) is 0 Å². The fraction of sp³-hybridized carbons (Fsp3) is 0.806. The van der Waals surface area contributed by atoms with E-state index in [9.17, 15) is 14.4 Å². The molecular formula is C67H120O6. The molecule has 424 valence electrons. The largest absolute Gasteiger partial charge is 0.462 e. The first-order valence-electron chi connectivity index (χ1n) is 31.8. The molecule has 0 amide bonds. The first kappa shape index (κ1) is 70.1. The SMILES string of the molecule is CC/C=C/C/C=C/C/C=C/C/C=C/C/C=C/CCCCCC(=O)OC[C@@H](COC(=O)CCCCCCCCCCCCCCCCCCCC)OC(=O)CCCCCCCCCCCCCCCCCCCC. The number of esters is 3. The molecule has 0 fully saturated rings. The lowest BCUT2D eigenvalue weighted by molar-refractivity contribution is -0.167. The minimum atomic E-state index is -0.786. The highest BCUT2D eigenvalue weighted by molar-refractivity contribution is 5.71. The van der Waals surface area contributed by atoms with E-state index in [0.717, 1.165) is 96.3 Å². The van der Waals surface area contributed by atoms with Crippen molar-refractivity contribution in [2.75, 3.05) is 13.2 Å². The van der Waals surface area contributed by atoms with Gasteiger partial charge in [-0.3, -0.25) is 14.4 Å². The maximum Gasteiger partial charge on any atom is 0.306 e. The van der Waals surface area contributed by atoms with Gasteiger partial charge in [-0.05, 0) is 64.2 Å². The van der Waals surface area contributed by atoms with Crippen molar-refractivity contribution >= 4 is 17.9 Å². The summed E-state index contributed by atoms with van der Waals surface area (Å²) >= 11 is 0. The van der Waals surface area contributed by atoms with Crippen molar-refractivity contribution < 1.29 is 28.6 Å². The van der Waals surface area contributed by atoms with Crippen molar-refractivity contribution in [3.63, 3.8) is 0 Å². The smallest absolute Gasteiger partial charge is 0.306 e. The maximum atomic E-state index is 12.9. The van der Waals surface area contributed by atoms with E-state index < -0.39 is 6.10 Å². The second kappa shape index (κ2) is 61.7. The van der Waals surface area contributed by atoms with Gasteiger partial charge in [0.2, 0.25) is 0 Å². The quantitative estimate of drug-likeness (QED) is 0.0261. The van der Waals surface area contributed by atoms with Gasteiger partial charge in [-0.1, -0.05) is 306 Å². The van der Waals surface area contributed by atoms with Crippen molar-refractivity contribution in [1.29, 1.82) is 0 Å². The Kier molecular flexibility index (Phi) is 59.2.